The zero-order chi connectivity index (χ0) is 9.97. The van der Waals surface area contributed by atoms with Crippen LogP contribution in [0.15, 0.2) is 24.7 Å². The Balaban J connectivity index is 2.58. The summed E-state index contributed by atoms with van der Waals surface area (Å²) in [6.45, 7) is 2.40. The van der Waals surface area contributed by atoms with Gasteiger partial charge in [0, 0.05) is 24.0 Å². The first-order valence-electron chi connectivity index (χ1n) is 4.47. The summed E-state index contributed by atoms with van der Waals surface area (Å²) in [7, 11) is 0. The van der Waals surface area contributed by atoms with Crippen LogP contribution in [0, 0.1) is 6.92 Å². The van der Waals surface area contributed by atoms with Crippen molar-refractivity contribution in [3.8, 4) is 11.4 Å². The number of H-pyrrole nitrogens is 1. The number of aryl methyl sites for hydroxylation is 1. The summed E-state index contributed by atoms with van der Waals surface area (Å²) in [5, 5.41) is 0. The molecule has 0 fully saturated rings. The topological polar surface area (TPSA) is 67.6 Å². The smallest absolute Gasteiger partial charge is 0.116 e. The molecule has 0 saturated heterocycles. The number of nitrogens with one attached hydrogen (secondary N) is 1. The van der Waals surface area contributed by atoms with E-state index in [1.807, 2.05) is 25.3 Å². The van der Waals surface area contributed by atoms with E-state index in [0.29, 0.717) is 6.54 Å². The van der Waals surface area contributed by atoms with Crippen LogP contribution in [0.1, 0.15) is 11.3 Å². The fourth-order valence-electron chi connectivity index (χ4n) is 1.45. The first-order valence-corrected chi connectivity index (χ1v) is 4.47. The molecule has 0 spiro atoms. The van der Waals surface area contributed by atoms with Crippen molar-refractivity contribution in [2.24, 2.45) is 5.73 Å². The van der Waals surface area contributed by atoms with E-state index >= 15 is 0 Å². The third kappa shape index (κ3) is 1.40. The highest BCUT2D eigenvalue weighted by molar-refractivity contribution is 5.59. The summed E-state index contributed by atoms with van der Waals surface area (Å²) in [5.41, 5.74) is 9.47. The Bertz CT molecular complexity index is 420. The van der Waals surface area contributed by atoms with Gasteiger partial charge in [0.05, 0.1) is 11.4 Å². The van der Waals surface area contributed by atoms with E-state index in [0.717, 1.165) is 22.6 Å². The lowest BCUT2D eigenvalue weighted by Crippen LogP contribution is -2.05. The van der Waals surface area contributed by atoms with Gasteiger partial charge in [-0.15, -0.1) is 0 Å². The number of rotatable bonds is 2. The molecule has 3 N–H and O–H groups in total. The minimum absolute atomic E-state index is 0.459. The molecule has 0 unspecified atom stereocenters. The average Bonchev–Trinajstić information content (AvgIpc) is 2.70. The predicted octanol–water partition coefficient (Wildman–Crippen LogP) is 1.24. The van der Waals surface area contributed by atoms with Gasteiger partial charge >= 0.3 is 0 Å². The standard InChI is InChI=1S/C10H12N4/c1-7-8(5-11)10(14-6-13-7)9-3-2-4-12-9/h2-4,6,12H,5,11H2,1H3. The molecule has 4 nitrogen and oxygen atoms in total. The third-order valence-corrected chi connectivity index (χ3v) is 2.22. The molecule has 0 aliphatic rings. The van der Waals surface area contributed by atoms with Crippen LogP contribution < -0.4 is 5.73 Å². The zero-order valence-electron chi connectivity index (χ0n) is 7.99. The molecule has 0 saturated carbocycles. The molecule has 0 aromatic carbocycles. The van der Waals surface area contributed by atoms with E-state index in [2.05, 4.69) is 15.0 Å². The van der Waals surface area contributed by atoms with E-state index in [1.165, 1.54) is 0 Å². The average molecular weight is 188 g/mol. The highest BCUT2D eigenvalue weighted by atomic mass is 14.9. The van der Waals surface area contributed by atoms with E-state index in [-0.39, 0.29) is 0 Å². The highest BCUT2D eigenvalue weighted by Crippen LogP contribution is 2.19. The second-order valence-corrected chi connectivity index (χ2v) is 3.07. The molecule has 2 aromatic heterocycles. The van der Waals surface area contributed by atoms with Crippen molar-refractivity contribution in [2.75, 3.05) is 0 Å². The van der Waals surface area contributed by atoms with Crippen LogP contribution in [-0.4, -0.2) is 15.0 Å². The van der Waals surface area contributed by atoms with Gasteiger partial charge in [0.2, 0.25) is 0 Å². The van der Waals surface area contributed by atoms with Gasteiger partial charge in [0.15, 0.2) is 0 Å². The predicted molar refractivity (Wildman–Crippen MR) is 54.4 cm³/mol. The Morgan fingerprint density at radius 2 is 2.29 bits per heavy atom. The summed E-state index contributed by atoms with van der Waals surface area (Å²) >= 11 is 0. The van der Waals surface area contributed by atoms with Crippen molar-refractivity contribution in [1.82, 2.24) is 15.0 Å². The minimum Gasteiger partial charge on any atom is -0.360 e. The Morgan fingerprint density at radius 1 is 1.43 bits per heavy atom. The quantitative estimate of drug-likeness (QED) is 0.745. The van der Waals surface area contributed by atoms with Gasteiger partial charge in [-0.25, -0.2) is 9.97 Å². The summed E-state index contributed by atoms with van der Waals surface area (Å²) in [6.07, 6.45) is 3.43. The molecule has 0 atom stereocenters. The summed E-state index contributed by atoms with van der Waals surface area (Å²) < 4.78 is 0. The number of nitrogens with two attached hydrogens (primary N) is 1. The molecule has 2 aromatic rings. The lowest BCUT2D eigenvalue weighted by Gasteiger charge is -2.06. The number of hydrogen-bond donors (Lipinski definition) is 2. The maximum atomic E-state index is 5.66. The van der Waals surface area contributed by atoms with Crippen LogP contribution in [-0.2, 0) is 6.54 Å². The summed E-state index contributed by atoms with van der Waals surface area (Å²) in [5.74, 6) is 0. The summed E-state index contributed by atoms with van der Waals surface area (Å²) in [6, 6.07) is 3.91. The van der Waals surface area contributed by atoms with Gasteiger partial charge in [-0.2, -0.15) is 0 Å². The molecular weight excluding hydrogens is 176 g/mol. The Morgan fingerprint density at radius 3 is 2.93 bits per heavy atom. The zero-order valence-corrected chi connectivity index (χ0v) is 7.99. The van der Waals surface area contributed by atoms with E-state index in [1.54, 1.807) is 6.33 Å². The SMILES string of the molecule is Cc1ncnc(-c2ccc[nH]2)c1CN. The first kappa shape index (κ1) is 8.90. The molecule has 0 bridgehead atoms. The molecule has 0 aliphatic heterocycles. The first-order chi connectivity index (χ1) is 6.83. The van der Waals surface area contributed by atoms with Crippen LogP contribution >= 0.6 is 0 Å². The molecule has 2 rings (SSSR count). The fraction of sp³-hybridized carbons (Fsp3) is 0.200. The van der Waals surface area contributed by atoms with Gasteiger partial charge in [-0.1, -0.05) is 0 Å². The van der Waals surface area contributed by atoms with Crippen molar-refractivity contribution in [3.05, 3.63) is 35.9 Å². The monoisotopic (exact) mass is 188 g/mol. The molecule has 4 heteroatoms. The van der Waals surface area contributed by atoms with Crippen molar-refractivity contribution in [2.45, 2.75) is 13.5 Å². The van der Waals surface area contributed by atoms with Crippen molar-refractivity contribution >= 4 is 0 Å². The molecule has 0 amide bonds. The second kappa shape index (κ2) is 3.59. The van der Waals surface area contributed by atoms with Crippen molar-refractivity contribution in [1.29, 1.82) is 0 Å². The van der Waals surface area contributed by atoms with Crippen LogP contribution in [0.4, 0.5) is 0 Å². The Hall–Kier alpha value is -1.68. The Kier molecular flexibility index (Phi) is 2.28. The summed E-state index contributed by atoms with van der Waals surface area (Å²) in [4.78, 5) is 11.5. The molecule has 0 aliphatic carbocycles. The number of aromatic amines is 1. The minimum atomic E-state index is 0.459. The number of nitrogens with zero attached hydrogens (tertiary/aromatic N) is 2. The van der Waals surface area contributed by atoms with Gasteiger partial charge in [0.1, 0.15) is 6.33 Å². The molecule has 0 radical (unpaired) electrons. The van der Waals surface area contributed by atoms with E-state index in [4.69, 9.17) is 5.73 Å². The van der Waals surface area contributed by atoms with Crippen LogP contribution in [0.3, 0.4) is 0 Å². The largest absolute Gasteiger partial charge is 0.360 e. The van der Waals surface area contributed by atoms with E-state index < -0.39 is 0 Å². The lowest BCUT2D eigenvalue weighted by molar-refractivity contribution is 0.970. The third-order valence-electron chi connectivity index (χ3n) is 2.22. The normalized spacial score (nSPS) is 10.4. The maximum absolute atomic E-state index is 5.66. The van der Waals surface area contributed by atoms with Gasteiger partial charge < -0.3 is 10.7 Å². The van der Waals surface area contributed by atoms with Crippen LogP contribution in [0.2, 0.25) is 0 Å². The molecule has 72 valence electrons. The van der Waals surface area contributed by atoms with Crippen molar-refractivity contribution in [3.63, 3.8) is 0 Å². The van der Waals surface area contributed by atoms with Gasteiger partial charge in [-0.3, -0.25) is 0 Å². The molecular formula is C10H12N4. The molecule has 2 heterocycles. The van der Waals surface area contributed by atoms with Gasteiger partial charge in [0.25, 0.3) is 0 Å². The maximum Gasteiger partial charge on any atom is 0.116 e. The lowest BCUT2D eigenvalue weighted by atomic mass is 10.1. The Labute approximate surface area is 82.2 Å². The van der Waals surface area contributed by atoms with Crippen LogP contribution in [0.5, 0.6) is 0 Å². The molecule has 14 heavy (non-hydrogen) atoms. The van der Waals surface area contributed by atoms with E-state index in [9.17, 15) is 0 Å². The van der Waals surface area contributed by atoms with Crippen molar-refractivity contribution < 1.29 is 0 Å². The van der Waals surface area contributed by atoms with Crippen LogP contribution in [0.25, 0.3) is 11.4 Å². The van der Waals surface area contributed by atoms with Gasteiger partial charge in [-0.05, 0) is 19.1 Å². The second-order valence-electron chi connectivity index (χ2n) is 3.07. The highest BCUT2D eigenvalue weighted by Gasteiger charge is 2.08. The number of aromatic nitrogens is 3. The fourth-order valence-corrected chi connectivity index (χ4v) is 1.45. The number of hydrogen-bond acceptors (Lipinski definition) is 3.